The van der Waals surface area contributed by atoms with Crippen molar-refractivity contribution in [2.24, 2.45) is 0 Å². The van der Waals surface area contributed by atoms with E-state index in [1.807, 2.05) is 49.4 Å². The van der Waals surface area contributed by atoms with Gasteiger partial charge in [-0.05, 0) is 61.6 Å². The molecule has 0 saturated heterocycles. The lowest BCUT2D eigenvalue weighted by molar-refractivity contribution is -0.141. The number of rotatable bonds is 11. The second-order valence-electron chi connectivity index (χ2n) is 9.08. The molecule has 0 unspecified atom stereocenters. The minimum atomic E-state index is -0.582. The van der Waals surface area contributed by atoms with Crippen molar-refractivity contribution in [3.8, 4) is 17.2 Å². The number of hydrogen-bond acceptors (Lipinski definition) is 5. The first kappa shape index (κ1) is 26.4. The molecule has 0 spiro atoms. The first-order valence-corrected chi connectivity index (χ1v) is 12.4. The number of carbonyl (C=O) groups excluding carboxylic acids is 2. The van der Waals surface area contributed by atoms with E-state index in [2.05, 4.69) is 5.32 Å². The monoisotopic (exact) mass is 482 g/mol. The van der Waals surface area contributed by atoms with Crippen molar-refractivity contribution in [3.63, 3.8) is 0 Å². The van der Waals surface area contributed by atoms with Crippen molar-refractivity contribution in [3.05, 3.63) is 53.6 Å². The minimum absolute atomic E-state index is 0.0751. The molecule has 7 heteroatoms. The average Bonchev–Trinajstić information content (AvgIpc) is 2.90. The van der Waals surface area contributed by atoms with Crippen LogP contribution in [0.15, 0.2) is 42.5 Å². The Hall–Kier alpha value is -3.22. The predicted molar refractivity (Wildman–Crippen MR) is 136 cm³/mol. The molecule has 2 aromatic carbocycles. The highest BCUT2D eigenvalue weighted by Gasteiger charge is 2.28. The zero-order chi connectivity index (χ0) is 25.2. The molecule has 2 aromatic rings. The van der Waals surface area contributed by atoms with Gasteiger partial charge < -0.3 is 24.4 Å². The molecule has 2 amide bonds. The topological polar surface area (TPSA) is 77.1 Å². The fourth-order valence-corrected chi connectivity index (χ4v) is 4.55. The highest BCUT2D eigenvalue weighted by atomic mass is 16.5. The van der Waals surface area contributed by atoms with Gasteiger partial charge >= 0.3 is 0 Å². The van der Waals surface area contributed by atoms with Gasteiger partial charge in [0.05, 0.1) is 21.3 Å². The summed E-state index contributed by atoms with van der Waals surface area (Å²) in [6, 6.07) is 12.9. The summed E-state index contributed by atoms with van der Waals surface area (Å²) in [6.45, 7) is 2.15. The largest absolute Gasteiger partial charge is 0.497 e. The summed E-state index contributed by atoms with van der Waals surface area (Å²) in [7, 11) is 4.80. The van der Waals surface area contributed by atoms with Gasteiger partial charge in [-0.3, -0.25) is 9.59 Å². The summed E-state index contributed by atoms with van der Waals surface area (Å²) in [6.07, 6.45) is 6.31. The molecule has 7 nitrogen and oxygen atoms in total. The molecule has 1 atom stereocenters. The van der Waals surface area contributed by atoms with Crippen LogP contribution < -0.4 is 19.5 Å². The van der Waals surface area contributed by atoms with Gasteiger partial charge in [-0.2, -0.15) is 0 Å². The van der Waals surface area contributed by atoms with Crippen LogP contribution in [-0.4, -0.2) is 50.1 Å². The molecule has 0 aliphatic heterocycles. The fraction of sp³-hybridized carbons (Fsp3) is 0.500. The summed E-state index contributed by atoms with van der Waals surface area (Å²) >= 11 is 0. The van der Waals surface area contributed by atoms with Gasteiger partial charge in [-0.25, -0.2) is 0 Å². The number of nitrogens with zero attached hydrogens (tertiary/aromatic N) is 1. The maximum atomic E-state index is 13.4. The van der Waals surface area contributed by atoms with Gasteiger partial charge in [-0.1, -0.05) is 37.5 Å². The Bertz CT molecular complexity index is 987. The van der Waals surface area contributed by atoms with E-state index >= 15 is 0 Å². The number of amides is 2. The Balaban J connectivity index is 1.74. The molecule has 1 saturated carbocycles. The lowest BCUT2D eigenvalue weighted by Gasteiger charge is -2.31. The zero-order valence-corrected chi connectivity index (χ0v) is 21.3. The second kappa shape index (κ2) is 13.0. The van der Waals surface area contributed by atoms with E-state index in [-0.39, 0.29) is 24.3 Å². The van der Waals surface area contributed by atoms with E-state index in [1.165, 1.54) is 6.42 Å². The number of nitrogens with one attached hydrogen (secondary N) is 1. The van der Waals surface area contributed by atoms with E-state index in [0.717, 1.165) is 42.6 Å². The Labute approximate surface area is 208 Å². The van der Waals surface area contributed by atoms with E-state index < -0.39 is 6.04 Å². The first-order chi connectivity index (χ1) is 16.9. The zero-order valence-electron chi connectivity index (χ0n) is 21.3. The normalized spacial score (nSPS) is 14.6. The fourth-order valence-electron chi connectivity index (χ4n) is 4.55. The van der Waals surface area contributed by atoms with Gasteiger partial charge in [0.1, 0.15) is 11.8 Å². The summed E-state index contributed by atoms with van der Waals surface area (Å²) in [5.41, 5.74) is 1.89. The van der Waals surface area contributed by atoms with Crippen LogP contribution in [0, 0.1) is 0 Å². The summed E-state index contributed by atoms with van der Waals surface area (Å²) in [5.74, 6) is 1.83. The molecule has 3 rings (SSSR count). The van der Waals surface area contributed by atoms with Crippen LogP contribution in [0.5, 0.6) is 17.2 Å². The lowest BCUT2D eigenvalue weighted by atomic mass is 9.95. The Morgan fingerprint density at radius 1 is 0.943 bits per heavy atom. The molecular formula is C28H38N2O5. The smallest absolute Gasteiger partial charge is 0.242 e. The van der Waals surface area contributed by atoms with Gasteiger partial charge in [0.15, 0.2) is 11.5 Å². The number of methoxy groups -OCH3 is 3. The molecule has 0 radical (unpaired) electrons. The number of ether oxygens (including phenoxy) is 3. The standard InChI is InChI=1S/C28H38N2O5/c1-20(28(32)29-23-10-6-5-7-11-23)30(19-22-9-8-12-24(17-22)33-2)27(31)16-14-21-13-15-25(34-3)26(18-21)35-4/h8-9,12-13,15,17-18,20,23H,5-7,10-11,14,16,19H2,1-4H3,(H,29,32)/t20-/m1/s1. The highest BCUT2D eigenvalue weighted by molar-refractivity contribution is 5.87. The Morgan fingerprint density at radius 2 is 1.69 bits per heavy atom. The minimum Gasteiger partial charge on any atom is -0.497 e. The van der Waals surface area contributed by atoms with E-state index in [4.69, 9.17) is 14.2 Å². The van der Waals surface area contributed by atoms with Crippen molar-refractivity contribution in [2.75, 3.05) is 21.3 Å². The molecule has 35 heavy (non-hydrogen) atoms. The van der Waals surface area contributed by atoms with Crippen molar-refractivity contribution < 1.29 is 23.8 Å². The molecule has 1 N–H and O–H groups in total. The molecule has 1 aliphatic carbocycles. The molecule has 190 valence electrons. The maximum Gasteiger partial charge on any atom is 0.242 e. The lowest BCUT2D eigenvalue weighted by Crippen LogP contribution is -2.50. The molecule has 1 aliphatic rings. The van der Waals surface area contributed by atoms with Crippen LogP contribution in [0.1, 0.15) is 56.6 Å². The van der Waals surface area contributed by atoms with Crippen LogP contribution >= 0.6 is 0 Å². The predicted octanol–water partition coefficient (Wildman–Crippen LogP) is 4.51. The summed E-state index contributed by atoms with van der Waals surface area (Å²) < 4.78 is 16.0. The van der Waals surface area contributed by atoms with Crippen LogP contribution in [-0.2, 0) is 22.6 Å². The van der Waals surface area contributed by atoms with Crippen LogP contribution in [0.2, 0.25) is 0 Å². The molecule has 0 aromatic heterocycles. The van der Waals surface area contributed by atoms with Gasteiger partial charge in [-0.15, -0.1) is 0 Å². The van der Waals surface area contributed by atoms with Crippen molar-refractivity contribution in [1.29, 1.82) is 0 Å². The quantitative estimate of drug-likeness (QED) is 0.510. The third-order valence-electron chi connectivity index (χ3n) is 6.68. The van der Waals surface area contributed by atoms with Gasteiger partial charge in [0.2, 0.25) is 11.8 Å². The van der Waals surface area contributed by atoms with Crippen molar-refractivity contribution in [2.45, 2.75) is 70.5 Å². The first-order valence-electron chi connectivity index (χ1n) is 12.4. The van der Waals surface area contributed by atoms with Crippen LogP contribution in [0.3, 0.4) is 0 Å². The highest BCUT2D eigenvalue weighted by Crippen LogP contribution is 2.28. The molecular weight excluding hydrogens is 444 g/mol. The molecule has 1 fully saturated rings. The number of benzene rings is 2. The van der Waals surface area contributed by atoms with Gasteiger partial charge in [0.25, 0.3) is 0 Å². The van der Waals surface area contributed by atoms with Crippen molar-refractivity contribution in [1.82, 2.24) is 10.2 Å². The van der Waals surface area contributed by atoms with E-state index in [0.29, 0.717) is 24.5 Å². The SMILES string of the molecule is COc1cccc(CN(C(=O)CCc2ccc(OC)c(OC)c2)[C@H](C)C(=O)NC2CCCCC2)c1. The number of hydrogen-bond donors (Lipinski definition) is 1. The number of carbonyl (C=O) groups is 2. The van der Waals surface area contributed by atoms with Crippen LogP contribution in [0.25, 0.3) is 0 Å². The Kier molecular flexibility index (Phi) is 9.82. The third-order valence-corrected chi connectivity index (χ3v) is 6.68. The van der Waals surface area contributed by atoms with Gasteiger partial charge in [0, 0.05) is 19.0 Å². The van der Waals surface area contributed by atoms with E-state index in [9.17, 15) is 9.59 Å². The number of aryl methyl sites for hydroxylation is 1. The maximum absolute atomic E-state index is 13.4. The average molecular weight is 483 g/mol. The van der Waals surface area contributed by atoms with E-state index in [1.54, 1.807) is 26.2 Å². The van der Waals surface area contributed by atoms with Crippen molar-refractivity contribution >= 4 is 11.8 Å². The molecule has 0 heterocycles. The molecule has 0 bridgehead atoms. The van der Waals surface area contributed by atoms with Crippen LogP contribution in [0.4, 0.5) is 0 Å². The third kappa shape index (κ3) is 7.38. The summed E-state index contributed by atoms with van der Waals surface area (Å²) in [4.78, 5) is 28.3. The second-order valence-corrected chi connectivity index (χ2v) is 9.08. The summed E-state index contributed by atoms with van der Waals surface area (Å²) in [5, 5.41) is 3.18. The Morgan fingerprint density at radius 3 is 2.37 bits per heavy atom.